The fraction of sp³-hybridized carbons (Fsp3) is 0.0588. The summed E-state index contributed by atoms with van der Waals surface area (Å²) in [5.74, 6) is -0.252. The van der Waals surface area contributed by atoms with Crippen LogP contribution in [0, 0.1) is 0 Å². The van der Waals surface area contributed by atoms with Gasteiger partial charge in [0.1, 0.15) is 5.15 Å². The fourth-order valence-corrected chi connectivity index (χ4v) is 2.49. The predicted molar refractivity (Wildman–Crippen MR) is 89.4 cm³/mol. The van der Waals surface area contributed by atoms with Gasteiger partial charge in [-0.15, -0.1) is 0 Å². The molecule has 3 aromatic rings. The quantitative estimate of drug-likeness (QED) is 0.720. The van der Waals surface area contributed by atoms with Crippen LogP contribution in [0.15, 0.2) is 54.6 Å². The highest BCUT2D eigenvalue weighted by Crippen LogP contribution is 2.20. The van der Waals surface area contributed by atoms with E-state index in [9.17, 15) is 4.79 Å². The number of fused-ring (bicyclic) bond motifs is 1. The molecule has 0 aliphatic heterocycles. The zero-order valence-corrected chi connectivity index (χ0v) is 13.0. The van der Waals surface area contributed by atoms with E-state index in [1.165, 1.54) is 0 Å². The van der Waals surface area contributed by atoms with Crippen LogP contribution in [-0.4, -0.2) is 10.9 Å². The lowest BCUT2D eigenvalue weighted by molar-refractivity contribution is 0.0951. The highest BCUT2D eigenvalue weighted by atomic mass is 35.5. The van der Waals surface area contributed by atoms with E-state index in [0.29, 0.717) is 17.1 Å². The number of amides is 1. The highest BCUT2D eigenvalue weighted by Gasteiger charge is 2.12. The standard InChI is InChI=1S/C17H12Cl2N2O/c18-13-7-5-11(6-8-13)10-20-17(22)14-9-12-3-1-2-4-15(12)21-16(14)19/h1-9H,10H2,(H,20,22). The topological polar surface area (TPSA) is 42.0 Å². The molecule has 0 atom stereocenters. The van der Waals surface area contributed by atoms with E-state index in [4.69, 9.17) is 23.2 Å². The average molecular weight is 331 g/mol. The molecule has 0 bridgehead atoms. The molecule has 1 aromatic heterocycles. The molecule has 0 saturated carbocycles. The van der Waals surface area contributed by atoms with Crippen molar-refractivity contribution in [3.8, 4) is 0 Å². The molecule has 1 amide bonds. The zero-order chi connectivity index (χ0) is 15.5. The van der Waals surface area contributed by atoms with E-state index in [1.54, 1.807) is 18.2 Å². The summed E-state index contributed by atoms with van der Waals surface area (Å²) in [4.78, 5) is 16.5. The van der Waals surface area contributed by atoms with Crippen molar-refractivity contribution in [2.45, 2.75) is 6.54 Å². The molecule has 0 radical (unpaired) electrons. The van der Waals surface area contributed by atoms with Gasteiger partial charge in [0, 0.05) is 17.0 Å². The minimum Gasteiger partial charge on any atom is -0.348 e. The molecule has 22 heavy (non-hydrogen) atoms. The van der Waals surface area contributed by atoms with E-state index in [1.807, 2.05) is 36.4 Å². The molecule has 0 aliphatic carbocycles. The maximum atomic E-state index is 12.3. The Morgan fingerprint density at radius 2 is 1.77 bits per heavy atom. The van der Waals surface area contributed by atoms with Crippen molar-refractivity contribution in [1.82, 2.24) is 10.3 Å². The predicted octanol–water partition coefficient (Wildman–Crippen LogP) is 4.47. The van der Waals surface area contributed by atoms with Gasteiger partial charge in [0.05, 0.1) is 11.1 Å². The van der Waals surface area contributed by atoms with Gasteiger partial charge in [-0.05, 0) is 29.8 Å². The van der Waals surface area contributed by atoms with Crippen LogP contribution >= 0.6 is 23.2 Å². The Hall–Kier alpha value is -2.10. The second kappa shape index (κ2) is 6.34. The third-order valence-corrected chi connectivity index (χ3v) is 3.83. The molecular formula is C17H12Cl2N2O. The Bertz CT molecular complexity index is 832. The summed E-state index contributed by atoms with van der Waals surface area (Å²) in [5, 5.41) is 4.58. The third kappa shape index (κ3) is 3.21. The van der Waals surface area contributed by atoms with Crippen molar-refractivity contribution in [3.63, 3.8) is 0 Å². The summed E-state index contributed by atoms with van der Waals surface area (Å²) >= 11 is 11.9. The van der Waals surface area contributed by atoms with Crippen LogP contribution < -0.4 is 5.32 Å². The molecule has 1 N–H and O–H groups in total. The summed E-state index contributed by atoms with van der Waals surface area (Å²) in [7, 11) is 0. The lowest BCUT2D eigenvalue weighted by Gasteiger charge is -2.08. The molecular weight excluding hydrogens is 319 g/mol. The van der Waals surface area contributed by atoms with E-state index < -0.39 is 0 Å². The van der Waals surface area contributed by atoms with E-state index >= 15 is 0 Å². The van der Waals surface area contributed by atoms with Crippen molar-refractivity contribution in [1.29, 1.82) is 0 Å². The van der Waals surface area contributed by atoms with Crippen molar-refractivity contribution < 1.29 is 4.79 Å². The first kappa shape index (κ1) is 14.8. The van der Waals surface area contributed by atoms with Gasteiger partial charge in [0.2, 0.25) is 0 Å². The number of pyridine rings is 1. The van der Waals surface area contributed by atoms with Gasteiger partial charge in [0.15, 0.2) is 0 Å². The van der Waals surface area contributed by atoms with Crippen LogP contribution in [0.4, 0.5) is 0 Å². The van der Waals surface area contributed by atoms with Crippen LogP contribution in [0.3, 0.4) is 0 Å². The second-order valence-corrected chi connectivity index (χ2v) is 5.62. The summed E-state index contributed by atoms with van der Waals surface area (Å²) in [6.07, 6.45) is 0. The van der Waals surface area contributed by atoms with Gasteiger partial charge in [-0.2, -0.15) is 0 Å². The Morgan fingerprint density at radius 1 is 1.05 bits per heavy atom. The molecule has 3 rings (SSSR count). The summed E-state index contributed by atoms with van der Waals surface area (Å²) in [5.41, 5.74) is 2.10. The van der Waals surface area contributed by atoms with Crippen molar-refractivity contribution in [2.75, 3.05) is 0 Å². The van der Waals surface area contributed by atoms with Crippen LogP contribution in [-0.2, 0) is 6.54 Å². The molecule has 0 spiro atoms. The number of hydrogen-bond acceptors (Lipinski definition) is 2. The molecule has 5 heteroatoms. The van der Waals surface area contributed by atoms with Gasteiger partial charge < -0.3 is 5.32 Å². The maximum absolute atomic E-state index is 12.3. The minimum absolute atomic E-state index is 0.201. The van der Waals surface area contributed by atoms with Gasteiger partial charge in [-0.1, -0.05) is 53.5 Å². The minimum atomic E-state index is -0.252. The number of benzene rings is 2. The molecule has 1 heterocycles. The second-order valence-electron chi connectivity index (χ2n) is 4.83. The van der Waals surface area contributed by atoms with Crippen LogP contribution in [0.5, 0.6) is 0 Å². The fourth-order valence-electron chi connectivity index (χ4n) is 2.13. The summed E-state index contributed by atoms with van der Waals surface area (Å²) in [6, 6.07) is 16.6. The Balaban J connectivity index is 1.79. The molecule has 0 fully saturated rings. The first-order valence-electron chi connectivity index (χ1n) is 6.71. The van der Waals surface area contributed by atoms with E-state index in [0.717, 1.165) is 16.5 Å². The smallest absolute Gasteiger partial charge is 0.254 e. The number of aromatic nitrogens is 1. The van der Waals surface area contributed by atoms with Crippen LogP contribution in [0.25, 0.3) is 10.9 Å². The van der Waals surface area contributed by atoms with E-state index in [-0.39, 0.29) is 11.1 Å². The SMILES string of the molecule is O=C(NCc1ccc(Cl)cc1)c1cc2ccccc2nc1Cl. The molecule has 110 valence electrons. The number of para-hydroxylation sites is 1. The number of halogens is 2. The van der Waals surface area contributed by atoms with Crippen molar-refractivity contribution >= 4 is 40.0 Å². The zero-order valence-electron chi connectivity index (χ0n) is 11.5. The Morgan fingerprint density at radius 3 is 2.55 bits per heavy atom. The number of rotatable bonds is 3. The summed E-state index contributed by atoms with van der Waals surface area (Å²) < 4.78 is 0. The lowest BCUT2D eigenvalue weighted by Crippen LogP contribution is -2.23. The third-order valence-electron chi connectivity index (χ3n) is 3.29. The average Bonchev–Trinajstić information content (AvgIpc) is 2.53. The number of nitrogens with one attached hydrogen (secondary N) is 1. The van der Waals surface area contributed by atoms with E-state index in [2.05, 4.69) is 10.3 Å². The molecule has 0 unspecified atom stereocenters. The number of carbonyl (C=O) groups excluding carboxylic acids is 1. The summed E-state index contributed by atoms with van der Waals surface area (Å²) in [6.45, 7) is 0.402. The number of hydrogen-bond donors (Lipinski definition) is 1. The monoisotopic (exact) mass is 330 g/mol. The molecule has 0 saturated heterocycles. The normalized spacial score (nSPS) is 10.6. The molecule has 3 nitrogen and oxygen atoms in total. The van der Waals surface area contributed by atoms with Crippen molar-refractivity contribution in [3.05, 3.63) is 75.9 Å². The van der Waals surface area contributed by atoms with Crippen LogP contribution in [0.2, 0.25) is 10.2 Å². The van der Waals surface area contributed by atoms with Gasteiger partial charge in [-0.3, -0.25) is 4.79 Å². The molecule has 2 aromatic carbocycles. The van der Waals surface area contributed by atoms with Crippen LogP contribution in [0.1, 0.15) is 15.9 Å². The molecule has 0 aliphatic rings. The lowest BCUT2D eigenvalue weighted by atomic mass is 10.1. The highest BCUT2D eigenvalue weighted by molar-refractivity contribution is 6.33. The Labute approximate surface area is 137 Å². The first-order chi connectivity index (χ1) is 10.6. The largest absolute Gasteiger partial charge is 0.348 e. The Kier molecular flexibility index (Phi) is 4.27. The van der Waals surface area contributed by atoms with Gasteiger partial charge in [-0.25, -0.2) is 4.98 Å². The van der Waals surface area contributed by atoms with Gasteiger partial charge in [0.25, 0.3) is 5.91 Å². The maximum Gasteiger partial charge on any atom is 0.254 e. The van der Waals surface area contributed by atoms with Crippen molar-refractivity contribution in [2.24, 2.45) is 0 Å². The number of carbonyl (C=O) groups is 1. The van der Waals surface area contributed by atoms with Gasteiger partial charge >= 0.3 is 0 Å². The first-order valence-corrected chi connectivity index (χ1v) is 7.47. The number of nitrogens with zero attached hydrogens (tertiary/aromatic N) is 1.